The Morgan fingerprint density at radius 2 is 1.80 bits per heavy atom. The van der Waals surface area contributed by atoms with Crippen molar-refractivity contribution in [2.75, 3.05) is 5.06 Å². The molecule has 0 aliphatic rings. The normalized spacial score (nSPS) is 10.6. The fraction of sp³-hybridized carbons (Fsp3) is 0.267. The van der Waals surface area contributed by atoms with Crippen LogP contribution < -0.4 is 5.06 Å². The Kier molecular flexibility index (Phi) is 4.62. The van der Waals surface area contributed by atoms with E-state index in [0.29, 0.717) is 15.4 Å². The van der Waals surface area contributed by atoms with Crippen molar-refractivity contribution in [3.8, 4) is 0 Å². The SMILES string of the molecule is CCc1cccc(CC)c1N(O)C(=O)c1ccc(Br)o1. The molecule has 0 saturated carbocycles. The van der Waals surface area contributed by atoms with Crippen LogP contribution in [0.5, 0.6) is 0 Å². The number of carbonyl (C=O) groups excluding carboxylic acids is 1. The summed E-state index contributed by atoms with van der Waals surface area (Å²) >= 11 is 3.14. The molecule has 0 fully saturated rings. The highest BCUT2D eigenvalue weighted by Gasteiger charge is 2.23. The molecule has 5 heteroatoms. The number of aryl methyl sites for hydroxylation is 2. The average Bonchev–Trinajstić information content (AvgIpc) is 2.91. The first-order valence-electron chi connectivity index (χ1n) is 6.47. The summed E-state index contributed by atoms with van der Waals surface area (Å²) in [5.74, 6) is -0.487. The monoisotopic (exact) mass is 337 g/mol. The van der Waals surface area contributed by atoms with E-state index in [1.165, 1.54) is 6.07 Å². The molecule has 0 saturated heterocycles. The molecule has 20 heavy (non-hydrogen) atoms. The minimum Gasteiger partial charge on any atom is -0.444 e. The zero-order valence-corrected chi connectivity index (χ0v) is 13.0. The van der Waals surface area contributed by atoms with Crippen molar-refractivity contribution in [3.63, 3.8) is 0 Å². The summed E-state index contributed by atoms with van der Waals surface area (Å²) in [4.78, 5) is 12.3. The van der Waals surface area contributed by atoms with Crippen LogP contribution in [0, 0.1) is 0 Å². The zero-order chi connectivity index (χ0) is 14.7. The summed E-state index contributed by atoms with van der Waals surface area (Å²) in [6, 6.07) is 8.89. The molecule has 106 valence electrons. The lowest BCUT2D eigenvalue weighted by Crippen LogP contribution is -2.28. The van der Waals surface area contributed by atoms with Crippen molar-refractivity contribution in [1.29, 1.82) is 0 Å². The van der Waals surface area contributed by atoms with E-state index in [-0.39, 0.29) is 5.76 Å². The minimum atomic E-state index is -0.577. The van der Waals surface area contributed by atoms with Gasteiger partial charge in [-0.15, -0.1) is 0 Å². The van der Waals surface area contributed by atoms with Crippen molar-refractivity contribution in [2.45, 2.75) is 26.7 Å². The van der Waals surface area contributed by atoms with E-state index >= 15 is 0 Å². The second kappa shape index (κ2) is 6.24. The van der Waals surface area contributed by atoms with Gasteiger partial charge in [0.2, 0.25) is 0 Å². The first-order valence-corrected chi connectivity index (χ1v) is 7.27. The number of halogens is 1. The quantitative estimate of drug-likeness (QED) is 0.671. The molecule has 1 heterocycles. The van der Waals surface area contributed by atoms with Gasteiger partial charge in [0.1, 0.15) is 0 Å². The highest BCUT2D eigenvalue weighted by atomic mass is 79.9. The summed E-state index contributed by atoms with van der Waals surface area (Å²) in [5.41, 5.74) is 2.40. The van der Waals surface area contributed by atoms with Crippen molar-refractivity contribution in [3.05, 3.63) is 51.9 Å². The molecule has 0 aliphatic heterocycles. The highest BCUT2D eigenvalue weighted by Crippen LogP contribution is 2.27. The lowest BCUT2D eigenvalue weighted by atomic mass is 10.0. The van der Waals surface area contributed by atoms with Crippen LogP contribution >= 0.6 is 15.9 Å². The highest BCUT2D eigenvalue weighted by molar-refractivity contribution is 9.10. The predicted octanol–water partition coefficient (Wildman–Crippen LogP) is 4.20. The summed E-state index contributed by atoms with van der Waals surface area (Å²) in [6.07, 6.45) is 1.46. The van der Waals surface area contributed by atoms with Gasteiger partial charge in [-0.25, -0.2) is 0 Å². The Labute approximate surface area is 126 Å². The molecule has 0 aliphatic carbocycles. The topological polar surface area (TPSA) is 53.7 Å². The number of hydrogen-bond acceptors (Lipinski definition) is 3. The van der Waals surface area contributed by atoms with Crippen molar-refractivity contribution in [2.24, 2.45) is 0 Å². The lowest BCUT2D eigenvalue weighted by molar-refractivity contribution is 0.0823. The smallest absolute Gasteiger partial charge is 0.317 e. The van der Waals surface area contributed by atoms with Gasteiger partial charge in [-0.2, -0.15) is 5.06 Å². The van der Waals surface area contributed by atoms with E-state index in [2.05, 4.69) is 15.9 Å². The molecular formula is C15H16BrNO3. The summed E-state index contributed by atoms with van der Waals surface area (Å²) < 4.78 is 5.65. The summed E-state index contributed by atoms with van der Waals surface area (Å²) in [7, 11) is 0. The van der Waals surface area contributed by atoms with Crippen LogP contribution in [-0.4, -0.2) is 11.1 Å². The van der Waals surface area contributed by atoms with Crippen molar-refractivity contribution in [1.82, 2.24) is 0 Å². The summed E-state index contributed by atoms with van der Waals surface area (Å²) in [6.45, 7) is 3.97. The van der Waals surface area contributed by atoms with E-state index in [0.717, 1.165) is 24.0 Å². The van der Waals surface area contributed by atoms with Crippen molar-refractivity contribution >= 4 is 27.5 Å². The third-order valence-corrected chi connectivity index (χ3v) is 3.58. The molecule has 0 atom stereocenters. The standard InChI is InChI=1S/C15H16BrNO3/c1-3-10-6-5-7-11(4-2)14(10)17(19)15(18)12-8-9-13(16)20-12/h5-9,19H,3-4H2,1-2H3. The number of carbonyl (C=O) groups is 1. The fourth-order valence-electron chi connectivity index (χ4n) is 2.12. The van der Waals surface area contributed by atoms with E-state index in [1.807, 2.05) is 32.0 Å². The number of anilines is 1. The maximum absolute atomic E-state index is 12.3. The van der Waals surface area contributed by atoms with Crippen LogP contribution in [0.4, 0.5) is 5.69 Å². The molecule has 2 aromatic rings. The van der Waals surface area contributed by atoms with Gasteiger partial charge in [0, 0.05) is 0 Å². The summed E-state index contributed by atoms with van der Waals surface area (Å²) in [5, 5.41) is 11.0. The number of para-hydroxylation sites is 1. The number of amides is 1. The third kappa shape index (κ3) is 2.78. The Morgan fingerprint density at radius 1 is 1.20 bits per heavy atom. The van der Waals surface area contributed by atoms with E-state index in [1.54, 1.807) is 6.07 Å². The molecule has 0 bridgehead atoms. The maximum atomic E-state index is 12.3. The molecule has 2 rings (SSSR count). The third-order valence-electron chi connectivity index (χ3n) is 3.15. The Bertz CT molecular complexity index is 599. The van der Waals surface area contributed by atoms with Crippen LogP contribution in [0.3, 0.4) is 0 Å². The van der Waals surface area contributed by atoms with E-state index < -0.39 is 5.91 Å². The number of hydrogen-bond donors (Lipinski definition) is 1. The molecule has 1 amide bonds. The van der Waals surface area contributed by atoms with Gasteiger partial charge in [0.05, 0.1) is 5.69 Å². The first kappa shape index (κ1) is 14.8. The van der Waals surface area contributed by atoms with Crippen LogP contribution in [0.25, 0.3) is 0 Å². The molecule has 0 unspecified atom stereocenters. The van der Waals surface area contributed by atoms with Gasteiger partial charge in [0.25, 0.3) is 0 Å². The second-order valence-corrected chi connectivity index (χ2v) is 5.13. The molecule has 4 nitrogen and oxygen atoms in total. The largest absolute Gasteiger partial charge is 0.444 e. The van der Waals surface area contributed by atoms with Gasteiger partial charge in [-0.05, 0) is 52.0 Å². The minimum absolute atomic E-state index is 0.0901. The molecular weight excluding hydrogens is 322 g/mol. The number of rotatable bonds is 4. The number of benzene rings is 1. The number of hydroxylamine groups is 1. The van der Waals surface area contributed by atoms with Gasteiger partial charge in [0.15, 0.2) is 10.4 Å². The van der Waals surface area contributed by atoms with Crippen molar-refractivity contribution < 1.29 is 14.4 Å². The zero-order valence-electron chi connectivity index (χ0n) is 11.4. The fourth-order valence-corrected chi connectivity index (χ4v) is 2.43. The second-order valence-electron chi connectivity index (χ2n) is 4.35. The Hall–Kier alpha value is -1.59. The van der Waals surface area contributed by atoms with Crippen LogP contribution in [0.2, 0.25) is 0 Å². The van der Waals surface area contributed by atoms with Crippen LogP contribution in [0.15, 0.2) is 39.4 Å². The predicted molar refractivity (Wildman–Crippen MR) is 80.2 cm³/mol. The van der Waals surface area contributed by atoms with Gasteiger partial charge in [-0.3, -0.25) is 10.0 Å². The molecule has 1 N–H and O–H groups in total. The van der Waals surface area contributed by atoms with Crippen LogP contribution in [0.1, 0.15) is 35.5 Å². The average molecular weight is 338 g/mol. The van der Waals surface area contributed by atoms with E-state index in [9.17, 15) is 10.0 Å². The molecule has 1 aromatic heterocycles. The van der Waals surface area contributed by atoms with Gasteiger partial charge < -0.3 is 4.42 Å². The Balaban J connectivity index is 2.42. The molecule has 1 aromatic carbocycles. The number of nitrogens with zero attached hydrogens (tertiary/aromatic N) is 1. The lowest BCUT2D eigenvalue weighted by Gasteiger charge is -2.20. The molecule has 0 spiro atoms. The van der Waals surface area contributed by atoms with Gasteiger partial charge >= 0.3 is 5.91 Å². The van der Waals surface area contributed by atoms with Crippen LogP contribution in [-0.2, 0) is 12.8 Å². The maximum Gasteiger partial charge on any atom is 0.317 e. The first-order chi connectivity index (χ1) is 9.58. The molecule has 0 radical (unpaired) electrons. The van der Waals surface area contributed by atoms with E-state index in [4.69, 9.17) is 4.42 Å². The van der Waals surface area contributed by atoms with Gasteiger partial charge in [-0.1, -0.05) is 32.0 Å². The Morgan fingerprint density at radius 3 is 2.25 bits per heavy atom. The number of furan rings is 1.